The molecule has 4 nitrogen and oxygen atoms in total. The second-order valence-electron chi connectivity index (χ2n) is 6.03. The monoisotopic (exact) mass is 250 g/mol. The molecule has 1 heterocycles. The Hall–Kier alpha value is -0.630. The van der Waals surface area contributed by atoms with E-state index in [0.29, 0.717) is 12.0 Å². The van der Waals surface area contributed by atoms with Crippen LogP contribution in [0.15, 0.2) is 0 Å². The van der Waals surface area contributed by atoms with Crippen molar-refractivity contribution in [1.82, 2.24) is 15.1 Å². The van der Waals surface area contributed by atoms with Gasteiger partial charge < -0.3 is 4.90 Å². The van der Waals surface area contributed by atoms with E-state index in [0.717, 1.165) is 26.2 Å². The Kier molecular flexibility index (Phi) is 4.26. The smallest absolute Gasteiger partial charge is 0.122 e. The summed E-state index contributed by atoms with van der Waals surface area (Å²) in [6, 6.07) is 3.24. The molecule has 2 fully saturated rings. The Morgan fingerprint density at radius 3 is 2.56 bits per heavy atom. The minimum atomic E-state index is -0.296. The predicted octanol–water partition coefficient (Wildman–Crippen LogP) is 0.904. The molecule has 0 aromatic rings. The van der Waals surface area contributed by atoms with Crippen LogP contribution in [0.5, 0.6) is 0 Å². The molecule has 18 heavy (non-hydrogen) atoms. The van der Waals surface area contributed by atoms with Crippen LogP contribution in [0.1, 0.15) is 26.2 Å². The van der Waals surface area contributed by atoms with Crippen molar-refractivity contribution < 1.29 is 0 Å². The van der Waals surface area contributed by atoms with Gasteiger partial charge in [0, 0.05) is 19.1 Å². The first-order valence-electron chi connectivity index (χ1n) is 7.16. The van der Waals surface area contributed by atoms with E-state index in [2.05, 4.69) is 42.2 Å². The first kappa shape index (κ1) is 13.8. The third-order valence-electron chi connectivity index (χ3n) is 4.42. The van der Waals surface area contributed by atoms with Crippen LogP contribution in [-0.2, 0) is 0 Å². The summed E-state index contributed by atoms with van der Waals surface area (Å²) in [5.41, 5.74) is -0.296. The predicted molar refractivity (Wildman–Crippen MR) is 73.3 cm³/mol. The van der Waals surface area contributed by atoms with Crippen molar-refractivity contribution in [3.8, 4) is 6.07 Å². The third-order valence-corrected chi connectivity index (χ3v) is 4.42. The fourth-order valence-corrected chi connectivity index (χ4v) is 3.12. The van der Waals surface area contributed by atoms with Crippen LogP contribution in [0, 0.1) is 17.2 Å². The lowest BCUT2D eigenvalue weighted by molar-refractivity contribution is 0.212. The summed E-state index contributed by atoms with van der Waals surface area (Å²) in [7, 11) is 4.30. The minimum Gasteiger partial charge on any atom is -0.305 e. The molecule has 2 unspecified atom stereocenters. The van der Waals surface area contributed by atoms with E-state index < -0.39 is 0 Å². The highest BCUT2D eigenvalue weighted by atomic mass is 15.2. The van der Waals surface area contributed by atoms with E-state index in [1.165, 1.54) is 19.3 Å². The Morgan fingerprint density at radius 2 is 2.11 bits per heavy atom. The normalized spacial score (nSPS) is 28.3. The van der Waals surface area contributed by atoms with Crippen molar-refractivity contribution in [2.24, 2.45) is 5.92 Å². The molecule has 0 bridgehead atoms. The van der Waals surface area contributed by atoms with Crippen LogP contribution in [0.25, 0.3) is 0 Å². The number of nitrogens with one attached hydrogen (secondary N) is 1. The summed E-state index contributed by atoms with van der Waals surface area (Å²) >= 11 is 0. The van der Waals surface area contributed by atoms with Gasteiger partial charge >= 0.3 is 0 Å². The van der Waals surface area contributed by atoms with E-state index in [1.807, 2.05) is 0 Å². The van der Waals surface area contributed by atoms with Crippen LogP contribution < -0.4 is 5.32 Å². The third kappa shape index (κ3) is 2.85. The highest BCUT2D eigenvalue weighted by Crippen LogP contribution is 2.40. The van der Waals surface area contributed by atoms with Crippen LogP contribution in [0.3, 0.4) is 0 Å². The van der Waals surface area contributed by atoms with Gasteiger partial charge in [-0.2, -0.15) is 5.26 Å². The van der Waals surface area contributed by atoms with Crippen molar-refractivity contribution in [2.45, 2.75) is 37.8 Å². The lowest BCUT2D eigenvalue weighted by Gasteiger charge is -2.32. The molecule has 1 saturated carbocycles. The zero-order valence-corrected chi connectivity index (χ0v) is 11.9. The summed E-state index contributed by atoms with van der Waals surface area (Å²) in [5, 5.41) is 13.1. The quantitative estimate of drug-likeness (QED) is 0.761. The first-order valence-corrected chi connectivity index (χ1v) is 7.16. The van der Waals surface area contributed by atoms with Crippen LogP contribution >= 0.6 is 0 Å². The highest BCUT2D eigenvalue weighted by Gasteiger charge is 2.46. The Balaban J connectivity index is 1.96. The zero-order valence-electron chi connectivity index (χ0n) is 11.9. The van der Waals surface area contributed by atoms with Crippen molar-refractivity contribution >= 4 is 0 Å². The summed E-state index contributed by atoms with van der Waals surface area (Å²) in [6.07, 6.45) is 3.66. The van der Waals surface area contributed by atoms with Gasteiger partial charge in [0.25, 0.3) is 0 Å². The number of likely N-dealkylation sites (N-methyl/N-ethyl adjacent to an activating group) is 2. The molecule has 1 saturated heterocycles. The molecule has 1 aliphatic heterocycles. The van der Waals surface area contributed by atoms with E-state index >= 15 is 0 Å². The SMILES string of the molecule is CCNC(C#N)(CN1CCC(N(C)C)C1)C1CC1. The van der Waals surface area contributed by atoms with E-state index in [1.54, 1.807) is 0 Å². The average Bonchev–Trinajstić information content (AvgIpc) is 3.09. The Morgan fingerprint density at radius 1 is 1.39 bits per heavy atom. The summed E-state index contributed by atoms with van der Waals surface area (Å²) in [5.74, 6) is 0.570. The standard InChI is InChI=1S/C14H26N4/c1-4-16-14(10-15,12-5-6-12)11-18-8-7-13(9-18)17(2)3/h12-13,16H,4-9,11H2,1-3H3. The minimum absolute atomic E-state index is 0.296. The maximum absolute atomic E-state index is 9.60. The van der Waals surface area contributed by atoms with Gasteiger partial charge in [-0.05, 0) is 52.4 Å². The molecule has 102 valence electrons. The summed E-state index contributed by atoms with van der Waals surface area (Å²) in [4.78, 5) is 4.77. The molecule has 2 aliphatic rings. The number of hydrogen-bond donors (Lipinski definition) is 1. The molecule has 2 rings (SSSR count). The molecule has 0 aromatic carbocycles. The molecule has 0 spiro atoms. The Labute approximate surface area is 111 Å². The molecule has 4 heteroatoms. The van der Waals surface area contributed by atoms with Crippen LogP contribution in [0.4, 0.5) is 0 Å². The van der Waals surface area contributed by atoms with Crippen molar-refractivity contribution in [3.05, 3.63) is 0 Å². The number of hydrogen-bond acceptors (Lipinski definition) is 4. The lowest BCUT2D eigenvalue weighted by Crippen LogP contribution is -2.54. The number of likely N-dealkylation sites (tertiary alicyclic amines) is 1. The molecular formula is C14H26N4. The van der Waals surface area contributed by atoms with E-state index in [9.17, 15) is 5.26 Å². The van der Waals surface area contributed by atoms with Gasteiger partial charge in [0.05, 0.1) is 6.07 Å². The maximum atomic E-state index is 9.60. The summed E-state index contributed by atoms with van der Waals surface area (Å²) < 4.78 is 0. The van der Waals surface area contributed by atoms with Gasteiger partial charge in [-0.15, -0.1) is 0 Å². The topological polar surface area (TPSA) is 42.3 Å². The van der Waals surface area contributed by atoms with Crippen molar-refractivity contribution in [1.29, 1.82) is 5.26 Å². The van der Waals surface area contributed by atoms with Crippen LogP contribution in [0.2, 0.25) is 0 Å². The van der Waals surface area contributed by atoms with Gasteiger partial charge in [-0.25, -0.2) is 0 Å². The fraction of sp³-hybridized carbons (Fsp3) is 0.929. The maximum Gasteiger partial charge on any atom is 0.122 e. The number of rotatable bonds is 6. The molecule has 1 aliphatic carbocycles. The van der Waals surface area contributed by atoms with E-state index in [4.69, 9.17) is 0 Å². The fourth-order valence-electron chi connectivity index (χ4n) is 3.12. The van der Waals surface area contributed by atoms with Gasteiger partial charge in [-0.1, -0.05) is 6.92 Å². The molecule has 2 atom stereocenters. The molecule has 0 aromatic heterocycles. The average molecular weight is 250 g/mol. The van der Waals surface area contributed by atoms with Gasteiger partial charge in [0.1, 0.15) is 5.54 Å². The highest BCUT2D eigenvalue weighted by molar-refractivity contribution is 5.17. The largest absolute Gasteiger partial charge is 0.305 e. The second-order valence-corrected chi connectivity index (χ2v) is 6.03. The van der Waals surface area contributed by atoms with Crippen LogP contribution in [-0.4, -0.2) is 61.7 Å². The first-order chi connectivity index (χ1) is 8.61. The second kappa shape index (κ2) is 5.56. The van der Waals surface area contributed by atoms with E-state index in [-0.39, 0.29) is 5.54 Å². The zero-order chi connectivity index (χ0) is 13.2. The molecule has 0 amide bonds. The van der Waals surface area contributed by atoms with Gasteiger partial charge in [-0.3, -0.25) is 10.2 Å². The molecule has 1 N–H and O–H groups in total. The number of nitrogens with zero attached hydrogens (tertiary/aromatic N) is 3. The molecule has 0 radical (unpaired) electrons. The molecular weight excluding hydrogens is 224 g/mol. The summed E-state index contributed by atoms with van der Waals surface area (Å²) in [6.45, 7) is 6.11. The number of nitriles is 1. The Bertz CT molecular complexity index is 318. The van der Waals surface area contributed by atoms with Gasteiger partial charge in [0.2, 0.25) is 0 Å². The lowest BCUT2D eigenvalue weighted by atomic mass is 9.94. The van der Waals surface area contributed by atoms with Gasteiger partial charge in [0.15, 0.2) is 0 Å². The van der Waals surface area contributed by atoms with Crippen molar-refractivity contribution in [3.63, 3.8) is 0 Å². The van der Waals surface area contributed by atoms with Crippen molar-refractivity contribution in [2.75, 3.05) is 40.3 Å².